The van der Waals surface area contributed by atoms with E-state index in [4.69, 9.17) is 0 Å². The first-order valence-electron chi connectivity index (χ1n) is 2.41. The van der Waals surface area contributed by atoms with Crippen LogP contribution in [0.5, 0.6) is 0 Å². The molecule has 0 bridgehead atoms. The molecule has 0 aliphatic heterocycles. The van der Waals surface area contributed by atoms with Gasteiger partial charge in [-0.05, 0) is 6.92 Å². The molecule has 0 fully saturated rings. The molecule has 0 amide bonds. The normalized spacial score (nSPS) is 7.62. The first kappa shape index (κ1) is 8.02. The topological polar surface area (TPSA) is 0 Å². The van der Waals surface area contributed by atoms with Crippen molar-refractivity contribution in [1.29, 1.82) is 0 Å². The second kappa shape index (κ2) is 3.95. The molecule has 0 unspecified atom stereocenters. The quantitative estimate of drug-likeness (QED) is 0.565. The van der Waals surface area contributed by atoms with Crippen LogP contribution in [0.25, 0.3) is 0 Å². The third-order valence-corrected chi connectivity index (χ3v) is 0.940. The molecule has 0 aromatic heterocycles. The summed E-state index contributed by atoms with van der Waals surface area (Å²) >= 11 is 0. The molecule has 1 aromatic rings. The second-order valence-electron chi connectivity index (χ2n) is 1.65. The van der Waals surface area contributed by atoms with Crippen molar-refractivity contribution in [3.05, 3.63) is 35.9 Å². The summed E-state index contributed by atoms with van der Waals surface area (Å²) in [5, 5.41) is 0. The van der Waals surface area contributed by atoms with Gasteiger partial charge in [-0.3, -0.25) is 0 Å². The maximum atomic E-state index is 2.08. The molecule has 1 rings (SSSR count). The molecule has 0 atom stereocenters. The van der Waals surface area contributed by atoms with Gasteiger partial charge in [-0.15, -0.1) is 0 Å². The SMILES string of the molecule is Cc1ccccc1.[SnH2]. The fraction of sp³-hybridized carbons (Fsp3) is 0.143. The van der Waals surface area contributed by atoms with Crippen molar-refractivity contribution in [3.8, 4) is 0 Å². The van der Waals surface area contributed by atoms with Crippen LogP contribution in [0.3, 0.4) is 0 Å². The molecular formula is C7H10Sn. The van der Waals surface area contributed by atoms with Gasteiger partial charge in [-0.1, -0.05) is 35.9 Å². The molecular weight excluding hydrogens is 203 g/mol. The van der Waals surface area contributed by atoms with Gasteiger partial charge in [0, 0.05) is 0 Å². The fourth-order valence-electron chi connectivity index (χ4n) is 0.534. The Bertz CT molecular complexity index is 134. The van der Waals surface area contributed by atoms with E-state index in [1.54, 1.807) is 0 Å². The van der Waals surface area contributed by atoms with Crippen molar-refractivity contribution in [3.63, 3.8) is 0 Å². The zero-order valence-electron chi connectivity index (χ0n) is 5.09. The van der Waals surface area contributed by atoms with Gasteiger partial charge in [0.05, 0.1) is 0 Å². The summed E-state index contributed by atoms with van der Waals surface area (Å²) in [5.41, 5.74) is 1.32. The van der Waals surface area contributed by atoms with Crippen LogP contribution < -0.4 is 0 Å². The van der Waals surface area contributed by atoms with Crippen LogP contribution in [0.1, 0.15) is 5.56 Å². The maximum absolute atomic E-state index is 2.08. The Labute approximate surface area is 66.9 Å². The Morgan fingerprint density at radius 1 is 1.00 bits per heavy atom. The number of rotatable bonds is 0. The second-order valence-corrected chi connectivity index (χ2v) is 1.65. The molecule has 0 saturated heterocycles. The van der Waals surface area contributed by atoms with Crippen LogP contribution in [0.4, 0.5) is 0 Å². The standard InChI is InChI=1S/C7H8.Sn.2H/c1-7-5-3-2-4-6-7;;;/h2-6H,1H3;;;. The average molecular weight is 213 g/mol. The van der Waals surface area contributed by atoms with Crippen molar-refractivity contribution in [2.45, 2.75) is 6.92 Å². The molecule has 0 aliphatic rings. The Hall–Kier alpha value is 0.0187. The van der Waals surface area contributed by atoms with Gasteiger partial charge in [0.15, 0.2) is 0 Å². The average Bonchev–Trinajstić information content (AvgIpc) is 1.69. The van der Waals surface area contributed by atoms with E-state index in [2.05, 4.69) is 19.1 Å². The van der Waals surface area contributed by atoms with E-state index < -0.39 is 0 Å². The number of hydrogen-bond donors (Lipinski definition) is 0. The molecule has 1 heteroatoms. The molecule has 0 saturated carbocycles. The van der Waals surface area contributed by atoms with Crippen molar-refractivity contribution >= 4 is 23.9 Å². The summed E-state index contributed by atoms with van der Waals surface area (Å²) in [6, 6.07) is 10.3. The van der Waals surface area contributed by atoms with Crippen LogP contribution in [0.2, 0.25) is 0 Å². The molecule has 0 heterocycles. The molecule has 0 N–H and O–H groups in total. The van der Waals surface area contributed by atoms with Gasteiger partial charge in [0.1, 0.15) is 0 Å². The summed E-state index contributed by atoms with van der Waals surface area (Å²) in [7, 11) is 0. The molecule has 0 nitrogen and oxygen atoms in total. The fourth-order valence-corrected chi connectivity index (χ4v) is 0.534. The monoisotopic (exact) mass is 214 g/mol. The number of benzene rings is 1. The Morgan fingerprint density at radius 3 is 1.75 bits per heavy atom. The van der Waals surface area contributed by atoms with Gasteiger partial charge in [-0.25, -0.2) is 0 Å². The molecule has 0 spiro atoms. The molecule has 2 radical (unpaired) electrons. The van der Waals surface area contributed by atoms with E-state index in [1.165, 1.54) is 5.56 Å². The first-order chi connectivity index (χ1) is 3.39. The van der Waals surface area contributed by atoms with Crippen molar-refractivity contribution < 1.29 is 0 Å². The van der Waals surface area contributed by atoms with Crippen LogP contribution >= 0.6 is 0 Å². The van der Waals surface area contributed by atoms with E-state index in [-0.39, 0.29) is 23.9 Å². The summed E-state index contributed by atoms with van der Waals surface area (Å²) in [6.45, 7) is 2.08. The third-order valence-electron chi connectivity index (χ3n) is 0.940. The van der Waals surface area contributed by atoms with Gasteiger partial charge >= 0.3 is 23.9 Å². The Morgan fingerprint density at radius 2 is 1.50 bits per heavy atom. The summed E-state index contributed by atoms with van der Waals surface area (Å²) in [4.78, 5) is 0. The molecule has 1 aromatic carbocycles. The number of hydrogen-bond acceptors (Lipinski definition) is 0. The summed E-state index contributed by atoms with van der Waals surface area (Å²) < 4.78 is 0. The van der Waals surface area contributed by atoms with Crippen molar-refractivity contribution in [2.75, 3.05) is 0 Å². The minimum atomic E-state index is 0. The van der Waals surface area contributed by atoms with Crippen LogP contribution in [0.15, 0.2) is 30.3 Å². The van der Waals surface area contributed by atoms with Crippen LogP contribution in [0, 0.1) is 6.92 Å². The van der Waals surface area contributed by atoms with Gasteiger partial charge < -0.3 is 0 Å². The summed E-state index contributed by atoms with van der Waals surface area (Å²) in [6.07, 6.45) is 0. The minimum absolute atomic E-state index is 0. The van der Waals surface area contributed by atoms with Crippen LogP contribution in [-0.2, 0) is 0 Å². The van der Waals surface area contributed by atoms with E-state index in [1.807, 2.05) is 18.2 Å². The molecule has 42 valence electrons. The zero-order valence-corrected chi connectivity index (χ0v) is 9.13. The van der Waals surface area contributed by atoms with Crippen molar-refractivity contribution in [1.82, 2.24) is 0 Å². The van der Waals surface area contributed by atoms with Crippen LogP contribution in [-0.4, -0.2) is 23.9 Å². The predicted octanol–water partition coefficient (Wildman–Crippen LogP) is 1.08. The third kappa shape index (κ3) is 2.36. The Kier molecular flexibility index (Phi) is 3.96. The van der Waals surface area contributed by atoms with E-state index in [0.717, 1.165) is 0 Å². The van der Waals surface area contributed by atoms with E-state index in [0.29, 0.717) is 0 Å². The van der Waals surface area contributed by atoms with Crippen molar-refractivity contribution in [2.24, 2.45) is 0 Å². The number of aryl methyl sites for hydroxylation is 1. The summed E-state index contributed by atoms with van der Waals surface area (Å²) in [5.74, 6) is 0. The zero-order chi connectivity index (χ0) is 5.11. The molecule has 8 heavy (non-hydrogen) atoms. The molecule has 0 aliphatic carbocycles. The van der Waals surface area contributed by atoms with E-state index >= 15 is 0 Å². The van der Waals surface area contributed by atoms with Gasteiger partial charge in [-0.2, -0.15) is 0 Å². The van der Waals surface area contributed by atoms with Gasteiger partial charge in [0.25, 0.3) is 0 Å². The Balaban J connectivity index is 0.000000490. The predicted molar refractivity (Wildman–Crippen MR) is 39.7 cm³/mol. The van der Waals surface area contributed by atoms with Gasteiger partial charge in [0.2, 0.25) is 0 Å². The van der Waals surface area contributed by atoms with E-state index in [9.17, 15) is 0 Å². The first-order valence-corrected chi connectivity index (χ1v) is 2.41.